The molecule has 26 heavy (non-hydrogen) atoms. The van der Waals surface area contributed by atoms with Gasteiger partial charge in [0.2, 0.25) is 0 Å². The predicted molar refractivity (Wildman–Crippen MR) is 126 cm³/mol. The maximum absolute atomic E-state index is 6.52. The molecule has 158 valence electrons. The molecule has 0 nitrogen and oxygen atoms in total. The van der Waals surface area contributed by atoms with Crippen molar-refractivity contribution in [2.24, 2.45) is 11.8 Å². The molecule has 0 saturated carbocycles. The molecule has 0 atom stereocenters. The van der Waals surface area contributed by atoms with E-state index in [1.165, 1.54) is 103 Å². The number of hydrogen-bond acceptors (Lipinski definition) is 0. The molecule has 0 saturated heterocycles. The summed E-state index contributed by atoms with van der Waals surface area (Å²) in [6, 6.07) is 0. The summed E-state index contributed by atoms with van der Waals surface area (Å²) in [5.41, 5.74) is 0. The lowest BCUT2D eigenvalue weighted by Gasteiger charge is -2.40. The van der Waals surface area contributed by atoms with Gasteiger partial charge in [-0.3, -0.25) is 0 Å². The van der Waals surface area contributed by atoms with Crippen LogP contribution in [0, 0.1) is 11.8 Å². The number of hydrogen-bond donors (Lipinski definition) is 0. The van der Waals surface area contributed by atoms with Gasteiger partial charge in [-0.1, -0.05) is 131 Å². The Morgan fingerprint density at radius 3 is 1.15 bits per heavy atom. The van der Waals surface area contributed by atoms with E-state index in [9.17, 15) is 0 Å². The average Bonchev–Trinajstić information content (AvgIpc) is 2.61. The normalized spacial score (nSPS) is 12.9. The highest BCUT2D eigenvalue weighted by molar-refractivity contribution is 6.95. The lowest BCUT2D eigenvalue weighted by Crippen LogP contribution is -2.29. The molecule has 0 N–H and O–H groups in total. The molecule has 0 aromatic carbocycles. The number of unbranched alkanes of at least 4 members (excludes halogenated alkanes) is 14. The molecule has 0 bridgehead atoms. The van der Waals surface area contributed by atoms with Crippen LogP contribution in [0.3, 0.4) is 0 Å². The molecule has 0 rings (SSSR count). The van der Waals surface area contributed by atoms with Crippen molar-refractivity contribution < 1.29 is 0 Å². The van der Waals surface area contributed by atoms with E-state index in [4.69, 9.17) is 11.1 Å². The summed E-state index contributed by atoms with van der Waals surface area (Å²) in [5, 5.41) is 0.484. The molecule has 0 aliphatic rings. The number of halogens is 1. The van der Waals surface area contributed by atoms with Gasteiger partial charge in [-0.25, -0.2) is 0 Å². The largest absolute Gasteiger partial charge is 0.176 e. The van der Waals surface area contributed by atoms with Crippen molar-refractivity contribution >= 4 is 19.9 Å². The third kappa shape index (κ3) is 12.1. The van der Waals surface area contributed by atoms with E-state index in [1.54, 1.807) is 0 Å². The van der Waals surface area contributed by atoms with Crippen molar-refractivity contribution in [3.63, 3.8) is 0 Å². The zero-order valence-corrected chi connectivity index (χ0v) is 21.2. The van der Waals surface area contributed by atoms with E-state index in [-0.39, 0.29) is 0 Å². The lowest BCUT2D eigenvalue weighted by molar-refractivity contribution is 0.282. The van der Waals surface area contributed by atoms with E-state index < -0.39 is 8.83 Å². The summed E-state index contributed by atoms with van der Waals surface area (Å²) in [5.74, 6) is 1.50. The van der Waals surface area contributed by atoms with Crippen LogP contribution in [0.25, 0.3) is 0 Å². The van der Waals surface area contributed by atoms with Gasteiger partial charge in [0, 0.05) is 0 Å². The van der Waals surface area contributed by atoms with Crippen molar-refractivity contribution in [2.75, 3.05) is 0 Å². The van der Waals surface area contributed by atoms with Crippen molar-refractivity contribution in [3.05, 3.63) is 0 Å². The molecule has 0 aliphatic heterocycles. The zero-order chi connectivity index (χ0) is 19.7. The minimum atomic E-state index is -0.466. The van der Waals surface area contributed by atoms with Crippen LogP contribution in [0.2, 0.25) is 5.04 Å². The maximum atomic E-state index is 6.52. The first-order chi connectivity index (χ1) is 12.5. The van der Waals surface area contributed by atoms with Crippen LogP contribution in [0.15, 0.2) is 0 Å². The van der Waals surface area contributed by atoms with Gasteiger partial charge in [0.15, 0.2) is 0 Å². The molecule has 0 aliphatic carbocycles. The quantitative estimate of drug-likeness (QED) is 0.115. The smallest absolute Gasteiger partial charge is 0.131 e. The third-order valence-corrected chi connectivity index (χ3v) is 10.8. The second-order valence-electron chi connectivity index (χ2n) is 9.38. The summed E-state index contributed by atoms with van der Waals surface area (Å²) >= 11 is 6.52. The topological polar surface area (TPSA) is 0 Å². The Labute approximate surface area is 174 Å². The van der Waals surface area contributed by atoms with Crippen LogP contribution in [0.4, 0.5) is 0 Å². The van der Waals surface area contributed by atoms with E-state index in [0.717, 1.165) is 11.8 Å². The summed E-state index contributed by atoms with van der Waals surface area (Å²) < 4.78 is 0. The standard InChI is InChI=1S/C24H51ClSi/c1-6-7-8-9-10-11-12-13-14-15-16-17-18-19-20-21-24(26-25,22(2)3)23(4)5/h22-23H,6-21,26H2,1-5H3. The molecule has 0 heterocycles. The van der Waals surface area contributed by atoms with Gasteiger partial charge in [-0.05, 0) is 23.3 Å². The molecule has 0 spiro atoms. The minimum Gasteiger partial charge on any atom is -0.176 e. The fourth-order valence-corrected chi connectivity index (χ4v) is 7.70. The summed E-state index contributed by atoms with van der Waals surface area (Å²) in [6.45, 7) is 11.9. The van der Waals surface area contributed by atoms with Gasteiger partial charge in [0.1, 0.15) is 8.83 Å². The Morgan fingerprint density at radius 1 is 0.577 bits per heavy atom. The van der Waals surface area contributed by atoms with Gasteiger partial charge in [-0.2, -0.15) is 11.1 Å². The van der Waals surface area contributed by atoms with Crippen LogP contribution < -0.4 is 0 Å². The van der Waals surface area contributed by atoms with Crippen LogP contribution in [0.1, 0.15) is 137 Å². The predicted octanol–water partition coefficient (Wildman–Crippen LogP) is 9.04. The first kappa shape index (κ1) is 26.5. The van der Waals surface area contributed by atoms with E-state index in [1.807, 2.05) is 0 Å². The highest BCUT2D eigenvalue weighted by Crippen LogP contribution is 2.47. The Bertz CT molecular complexity index is 280. The monoisotopic (exact) mass is 402 g/mol. The SMILES string of the molecule is CCCCCCCCCCCCCCCCCC([SiH2]Cl)(C(C)C)C(C)C. The van der Waals surface area contributed by atoms with Crippen LogP contribution in [0.5, 0.6) is 0 Å². The second kappa shape index (κ2) is 17.6. The molecule has 0 amide bonds. The van der Waals surface area contributed by atoms with Crippen molar-refractivity contribution in [1.82, 2.24) is 0 Å². The average molecular weight is 403 g/mol. The summed E-state index contributed by atoms with van der Waals surface area (Å²) in [6.07, 6.45) is 23.1. The molecule has 2 heteroatoms. The molecule has 0 radical (unpaired) electrons. The Balaban J connectivity index is 3.46. The fraction of sp³-hybridized carbons (Fsp3) is 1.00. The maximum Gasteiger partial charge on any atom is 0.131 e. The first-order valence-electron chi connectivity index (χ1n) is 12.1. The fourth-order valence-electron chi connectivity index (χ4n) is 4.44. The Kier molecular flexibility index (Phi) is 17.9. The van der Waals surface area contributed by atoms with E-state index >= 15 is 0 Å². The molecule has 0 fully saturated rings. The Hall–Kier alpha value is 0.507. The number of rotatable bonds is 19. The molecule has 0 aromatic heterocycles. The molecular weight excluding hydrogens is 352 g/mol. The highest BCUT2D eigenvalue weighted by Gasteiger charge is 2.35. The Morgan fingerprint density at radius 2 is 0.885 bits per heavy atom. The summed E-state index contributed by atoms with van der Waals surface area (Å²) in [7, 11) is -0.466. The minimum absolute atomic E-state index is 0.466. The van der Waals surface area contributed by atoms with Crippen molar-refractivity contribution in [2.45, 2.75) is 142 Å². The van der Waals surface area contributed by atoms with Crippen molar-refractivity contribution in [1.29, 1.82) is 0 Å². The highest BCUT2D eigenvalue weighted by atomic mass is 35.6. The summed E-state index contributed by atoms with van der Waals surface area (Å²) in [4.78, 5) is 0. The van der Waals surface area contributed by atoms with Gasteiger partial charge in [0.25, 0.3) is 0 Å². The zero-order valence-electron chi connectivity index (χ0n) is 19.1. The van der Waals surface area contributed by atoms with Gasteiger partial charge < -0.3 is 0 Å². The third-order valence-electron chi connectivity index (χ3n) is 6.79. The molecule has 0 unspecified atom stereocenters. The van der Waals surface area contributed by atoms with Gasteiger partial charge in [-0.15, -0.1) is 0 Å². The van der Waals surface area contributed by atoms with Gasteiger partial charge >= 0.3 is 0 Å². The van der Waals surface area contributed by atoms with Crippen LogP contribution >= 0.6 is 11.1 Å². The lowest BCUT2D eigenvalue weighted by atomic mass is 9.80. The van der Waals surface area contributed by atoms with E-state index in [0.29, 0.717) is 5.04 Å². The second-order valence-corrected chi connectivity index (χ2v) is 11.8. The van der Waals surface area contributed by atoms with Crippen LogP contribution in [-0.4, -0.2) is 8.83 Å². The first-order valence-corrected chi connectivity index (χ1v) is 14.9. The molecule has 0 aromatic rings. The van der Waals surface area contributed by atoms with Gasteiger partial charge in [0.05, 0.1) is 0 Å². The van der Waals surface area contributed by atoms with Crippen molar-refractivity contribution in [3.8, 4) is 0 Å². The van der Waals surface area contributed by atoms with Crippen LogP contribution in [-0.2, 0) is 0 Å². The van der Waals surface area contributed by atoms with E-state index in [2.05, 4.69) is 34.6 Å². The molecular formula is C24H51ClSi.